The Morgan fingerprint density at radius 3 is 2.18 bits per heavy atom. The highest BCUT2D eigenvalue weighted by atomic mass is 19.1. The zero-order valence-electron chi connectivity index (χ0n) is 22.1. The number of hydrogen-bond acceptors (Lipinski definition) is 3. The summed E-state index contributed by atoms with van der Waals surface area (Å²) in [7, 11) is 0. The maximum absolute atomic E-state index is 13.2. The number of hydrogen-bond donors (Lipinski definition) is 0. The molecule has 0 saturated carbocycles. The molecule has 3 rings (SSSR count). The molecule has 2 aromatic carbocycles. The Bertz CT molecular complexity index is 989. The molecular weight excluding hydrogens is 427 g/mol. The van der Waals surface area contributed by atoms with Gasteiger partial charge < -0.3 is 9.64 Å². The molecule has 34 heavy (non-hydrogen) atoms. The quantitative estimate of drug-likeness (QED) is 0.546. The summed E-state index contributed by atoms with van der Waals surface area (Å²) < 4.78 is 19.4. The fourth-order valence-electron chi connectivity index (χ4n) is 4.52. The van der Waals surface area contributed by atoms with Crippen molar-refractivity contribution < 1.29 is 13.9 Å². The van der Waals surface area contributed by atoms with E-state index < -0.39 is 0 Å². The lowest BCUT2D eigenvalue weighted by Gasteiger charge is -2.44. The van der Waals surface area contributed by atoms with E-state index in [1.165, 1.54) is 17.7 Å². The summed E-state index contributed by atoms with van der Waals surface area (Å²) in [6.07, 6.45) is 0. The molecule has 0 N–H and O–H groups in total. The third kappa shape index (κ3) is 6.38. The fourth-order valence-corrected chi connectivity index (χ4v) is 4.52. The largest absolute Gasteiger partial charge is 0.483 e. The van der Waals surface area contributed by atoms with Crippen LogP contribution in [0.1, 0.15) is 72.1 Å². The molecular formula is C29H41FN2O2. The molecule has 0 aliphatic carbocycles. The highest BCUT2D eigenvalue weighted by Crippen LogP contribution is 2.35. The number of halogens is 1. The van der Waals surface area contributed by atoms with Gasteiger partial charge in [-0.15, -0.1) is 0 Å². The van der Waals surface area contributed by atoms with E-state index in [1.807, 2.05) is 23.1 Å². The van der Waals surface area contributed by atoms with E-state index in [1.54, 1.807) is 0 Å². The second-order valence-electron chi connectivity index (χ2n) is 11.8. The molecule has 5 heteroatoms. The van der Waals surface area contributed by atoms with Crippen molar-refractivity contribution in [3.8, 4) is 5.75 Å². The Kier molecular flexibility index (Phi) is 7.76. The number of rotatable bonds is 5. The zero-order valence-corrected chi connectivity index (χ0v) is 22.1. The standard InChI is InChI=1S/C29H41FN2O2/c1-20-17-32(21(2)16-31(20)18-22-9-12-24(30)13-10-22)27(33)19-34-26-14-11-23(28(3,4)5)15-25(26)29(6,7)8/h9-15,20-21H,16-19H2,1-8H3/t20-,21+/m0/s1. The lowest BCUT2D eigenvalue weighted by Crippen LogP contribution is -2.58. The molecule has 4 nitrogen and oxygen atoms in total. The Balaban J connectivity index is 1.65. The van der Waals surface area contributed by atoms with E-state index in [2.05, 4.69) is 72.4 Å². The molecule has 186 valence electrons. The van der Waals surface area contributed by atoms with Crippen LogP contribution in [0.25, 0.3) is 0 Å². The van der Waals surface area contributed by atoms with Gasteiger partial charge in [-0.05, 0) is 59.6 Å². The third-order valence-corrected chi connectivity index (χ3v) is 6.74. The monoisotopic (exact) mass is 468 g/mol. The number of amides is 1. The lowest BCUT2D eigenvalue weighted by molar-refractivity contribution is -0.139. The van der Waals surface area contributed by atoms with Crippen LogP contribution < -0.4 is 4.74 Å². The van der Waals surface area contributed by atoms with Gasteiger partial charge >= 0.3 is 0 Å². The van der Waals surface area contributed by atoms with Gasteiger partial charge in [0, 0.05) is 31.7 Å². The van der Waals surface area contributed by atoms with Crippen molar-refractivity contribution in [3.05, 3.63) is 65.0 Å². The molecule has 2 aromatic rings. The zero-order chi connectivity index (χ0) is 25.3. The van der Waals surface area contributed by atoms with Crippen LogP contribution in [0.3, 0.4) is 0 Å². The number of ether oxygens (including phenoxy) is 1. The molecule has 1 aliphatic heterocycles. The van der Waals surface area contributed by atoms with Gasteiger partial charge in [-0.1, -0.05) is 65.8 Å². The molecule has 1 amide bonds. The Morgan fingerprint density at radius 1 is 0.941 bits per heavy atom. The van der Waals surface area contributed by atoms with Gasteiger partial charge in [0.25, 0.3) is 5.91 Å². The maximum atomic E-state index is 13.2. The van der Waals surface area contributed by atoms with Crippen molar-refractivity contribution in [3.63, 3.8) is 0 Å². The first kappa shape index (κ1) is 26.2. The first-order valence-corrected chi connectivity index (χ1v) is 12.3. The average molecular weight is 469 g/mol. The van der Waals surface area contributed by atoms with Crippen LogP contribution in [-0.2, 0) is 22.2 Å². The minimum atomic E-state index is -0.219. The highest BCUT2D eigenvalue weighted by molar-refractivity contribution is 5.78. The second kappa shape index (κ2) is 10.1. The van der Waals surface area contributed by atoms with Gasteiger partial charge in [0.05, 0.1) is 0 Å². The minimum absolute atomic E-state index is 0.0144. The first-order chi connectivity index (χ1) is 15.8. The number of carbonyl (C=O) groups excluding carboxylic acids is 1. The Morgan fingerprint density at radius 2 is 1.59 bits per heavy atom. The van der Waals surface area contributed by atoms with Gasteiger partial charge in [-0.3, -0.25) is 9.69 Å². The van der Waals surface area contributed by atoms with E-state index in [0.717, 1.165) is 30.0 Å². The normalized spacial score (nSPS) is 19.9. The summed E-state index contributed by atoms with van der Waals surface area (Å²) >= 11 is 0. The van der Waals surface area contributed by atoms with Crippen LogP contribution in [0, 0.1) is 5.82 Å². The highest BCUT2D eigenvalue weighted by Gasteiger charge is 2.32. The number of nitrogens with zero attached hydrogens (tertiary/aromatic N) is 2. The van der Waals surface area contributed by atoms with Crippen molar-refractivity contribution in [2.24, 2.45) is 0 Å². The van der Waals surface area contributed by atoms with Crippen LogP contribution in [0.5, 0.6) is 5.75 Å². The first-order valence-electron chi connectivity index (χ1n) is 12.3. The molecule has 0 aromatic heterocycles. The van der Waals surface area contributed by atoms with Crippen LogP contribution >= 0.6 is 0 Å². The molecule has 0 spiro atoms. The van der Waals surface area contributed by atoms with Crippen LogP contribution in [0.4, 0.5) is 4.39 Å². The van der Waals surface area contributed by atoms with Gasteiger partial charge in [0.1, 0.15) is 11.6 Å². The SMILES string of the molecule is C[C@@H]1CN(Cc2ccc(F)cc2)[C@@H](C)CN1C(=O)COc1ccc(C(C)(C)C)cc1C(C)(C)C. The van der Waals surface area contributed by atoms with Crippen LogP contribution in [0.2, 0.25) is 0 Å². The molecule has 0 unspecified atom stereocenters. The van der Waals surface area contributed by atoms with E-state index in [9.17, 15) is 9.18 Å². The summed E-state index contributed by atoms with van der Waals surface area (Å²) in [6.45, 7) is 19.6. The number of piperazine rings is 1. The molecule has 0 bridgehead atoms. The third-order valence-electron chi connectivity index (χ3n) is 6.74. The maximum Gasteiger partial charge on any atom is 0.260 e. The number of carbonyl (C=O) groups is 1. The molecule has 2 atom stereocenters. The van der Waals surface area contributed by atoms with E-state index in [-0.39, 0.29) is 41.2 Å². The van der Waals surface area contributed by atoms with Crippen molar-refractivity contribution in [2.75, 3.05) is 19.7 Å². The van der Waals surface area contributed by atoms with E-state index in [0.29, 0.717) is 6.54 Å². The Labute approximate surface area is 205 Å². The van der Waals surface area contributed by atoms with E-state index >= 15 is 0 Å². The van der Waals surface area contributed by atoms with Gasteiger partial charge in [-0.25, -0.2) is 4.39 Å². The van der Waals surface area contributed by atoms with Gasteiger partial charge in [0.15, 0.2) is 6.61 Å². The summed E-state index contributed by atoms with van der Waals surface area (Å²) in [4.78, 5) is 17.4. The fraction of sp³-hybridized carbons (Fsp3) is 0.552. The van der Waals surface area contributed by atoms with Crippen LogP contribution in [0.15, 0.2) is 42.5 Å². The summed E-state index contributed by atoms with van der Waals surface area (Å²) in [6, 6.07) is 13.3. The summed E-state index contributed by atoms with van der Waals surface area (Å²) in [5, 5.41) is 0. The second-order valence-corrected chi connectivity index (χ2v) is 11.8. The van der Waals surface area contributed by atoms with Crippen molar-refractivity contribution in [1.29, 1.82) is 0 Å². The molecule has 1 heterocycles. The van der Waals surface area contributed by atoms with E-state index in [4.69, 9.17) is 4.74 Å². The predicted octanol–water partition coefficient (Wildman–Crippen LogP) is 5.92. The van der Waals surface area contributed by atoms with Crippen molar-refractivity contribution in [1.82, 2.24) is 9.80 Å². The predicted molar refractivity (Wildman–Crippen MR) is 137 cm³/mol. The molecule has 1 saturated heterocycles. The minimum Gasteiger partial charge on any atom is -0.483 e. The number of benzene rings is 2. The lowest BCUT2D eigenvalue weighted by atomic mass is 9.80. The van der Waals surface area contributed by atoms with Crippen molar-refractivity contribution >= 4 is 5.91 Å². The summed E-state index contributed by atoms with van der Waals surface area (Å²) in [5.41, 5.74) is 3.42. The smallest absolute Gasteiger partial charge is 0.260 e. The molecule has 1 aliphatic rings. The van der Waals surface area contributed by atoms with Gasteiger partial charge in [0.2, 0.25) is 0 Å². The molecule has 0 radical (unpaired) electrons. The summed E-state index contributed by atoms with van der Waals surface area (Å²) in [5.74, 6) is 0.577. The average Bonchev–Trinajstić information content (AvgIpc) is 2.74. The van der Waals surface area contributed by atoms with Crippen molar-refractivity contribution in [2.45, 2.75) is 84.8 Å². The topological polar surface area (TPSA) is 32.8 Å². The molecule has 1 fully saturated rings. The van der Waals surface area contributed by atoms with Gasteiger partial charge in [-0.2, -0.15) is 0 Å². The van der Waals surface area contributed by atoms with Crippen LogP contribution in [-0.4, -0.2) is 47.5 Å². The Hall–Kier alpha value is -2.40.